The second-order valence-electron chi connectivity index (χ2n) is 3.10. The van der Waals surface area contributed by atoms with E-state index in [1.54, 1.807) is 17.9 Å². The molecule has 1 aromatic rings. The summed E-state index contributed by atoms with van der Waals surface area (Å²) in [5.74, 6) is 6.32. The lowest BCUT2D eigenvalue weighted by atomic mass is 10.3. The second-order valence-corrected chi connectivity index (χ2v) is 3.10. The van der Waals surface area contributed by atoms with E-state index in [4.69, 9.17) is 5.73 Å². The molecule has 80 valence electrons. The van der Waals surface area contributed by atoms with Gasteiger partial charge in [-0.15, -0.1) is 0 Å². The molecule has 3 N–H and O–H groups in total. The summed E-state index contributed by atoms with van der Waals surface area (Å²) in [6.45, 7) is 2.04. The van der Waals surface area contributed by atoms with Gasteiger partial charge in [0.05, 0.1) is 11.8 Å². The molecular formula is C10H14N4O. The lowest BCUT2D eigenvalue weighted by Crippen LogP contribution is -2.20. The number of hydrogen-bond donors (Lipinski definition) is 2. The number of aromatic nitrogens is 2. The monoisotopic (exact) mass is 206 g/mol. The molecule has 1 aromatic heterocycles. The Morgan fingerprint density at radius 1 is 1.73 bits per heavy atom. The number of carbonyl (C=O) groups excluding carboxylic acids is 1. The van der Waals surface area contributed by atoms with Gasteiger partial charge in [-0.3, -0.25) is 9.48 Å². The average Bonchev–Trinajstić information content (AvgIpc) is 2.48. The number of nitrogens with one attached hydrogen (secondary N) is 1. The van der Waals surface area contributed by atoms with Crippen molar-refractivity contribution >= 4 is 11.7 Å². The van der Waals surface area contributed by atoms with Crippen molar-refractivity contribution in [3.63, 3.8) is 0 Å². The maximum Gasteiger partial charge on any atom is 0.216 e. The fourth-order valence-electron chi connectivity index (χ4n) is 1.00. The topological polar surface area (TPSA) is 72.9 Å². The predicted molar refractivity (Wildman–Crippen MR) is 57.8 cm³/mol. The van der Waals surface area contributed by atoms with Gasteiger partial charge in [-0.1, -0.05) is 11.8 Å². The van der Waals surface area contributed by atoms with Crippen LogP contribution in [-0.4, -0.2) is 22.2 Å². The Labute approximate surface area is 88.6 Å². The third-order valence-electron chi connectivity index (χ3n) is 1.83. The summed E-state index contributed by atoms with van der Waals surface area (Å²) in [6, 6.07) is 0. The van der Waals surface area contributed by atoms with Crippen molar-refractivity contribution < 1.29 is 4.79 Å². The normalized spacial score (nSPS) is 9.20. The summed E-state index contributed by atoms with van der Waals surface area (Å²) in [5.41, 5.74) is 6.42. The molecule has 0 unspecified atom stereocenters. The van der Waals surface area contributed by atoms with Gasteiger partial charge in [0.1, 0.15) is 5.82 Å². The maximum atomic E-state index is 10.5. The highest BCUT2D eigenvalue weighted by Gasteiger charge is 1.99. The SMILES string of the molecule is CC(=O)NCCC#Cc1cnn(C)c1N. The molecule has 0 saturated heterocycles. The average molecular weight is 206 g/mol. The molecule has 5 nitrogen and oxygen atoms in total. The van der Waals surface area contributed by atoms with E-state index in [2.05, 4.69) is 22.3 Å². The van der Waals surface area contributed by atoms with Crippen molar-refractivity contribution in [3.05, 3.63) is 11.8 Å². The molecular weight excluding hydrogens is 192 g/mol. The van der Waals surface area contributed by atoms with E-state index in [1.165, 1.54) is 6.92 Å². The Kier molecular flexibility index (Phi) is 3.75. The zero-order valence-electron chi connectivity index (χ0n) is 8.87. The van der Waals surface area contributed by atoms with Crippen LogP contribution in [0.15, 0.2) is 6.20 Å². The first-order chi connectivity index (χ1) is 7.11. The molecule has 1 heterocycles. The van der Waals surface area contributed by atoms with E-state index in [0.717, 1.165) is 5.56 Å². The molecule has 1 amide bonds. The van der Waals surface area contributed by atoms with Gasteiger partial charge < -0.3 is 11.1 Å². The number of nitrogen functional groups attached to an aromatic ring is 1. The molecule has 0 radical (unpaired) electrons. The highest BCUT2D eigenvalue weighted by molar-refractivity contribution is 5.72. The highest BCUT2D eigenvalue weighted by Crippen LogP contribution is 2.06. The van der Waals surface area contributed by atoms with E-state index < -0.39 is 0 Å². The molecule has 0 aliphatic carbocycles. The van der Waals surface area contributed by atoms with Crippen molar-refractivity contribution in [2.24, 2.45) is 7.05 Å². The first-order valence-corrected chi connectivity index (χ1v) is 4.62. The van der Waals surface area contributed by atoms with Gasteiger partial charge in [0, 0.05) is 26.9 Å². The molecule has 1 rings (SSSR count). The molecule has 0 aliphatic rings. The molecule has 15 heavy (non-hydrogen) atoms. The number of aryl methyl sites for hydroxylation is 1. The number of rotatable bonds is 2. The van der Waals surface area contributed by atoms with Gasteiger partial charge in [-0.2, -0.15) is 5.10 Å². The number of hydrogen-bond acceptors (Lipinski definition) is 3. The summed E-state index contributed by atoms with van der Waals surface area (Å²) in [7, 11) is 1.76. The van der Waals surface area contributed by atoms with E-state index in [-0.39, 0.29) is 5.91 Å². The summed E-state index contributed by atoms with van der Waals surface area (Å²) in [5, 5.41) is 6.62. The quantitative estimate of drug-likeness (QED) is 0.523. The fourth-order valence-corrected chi connectivity index (χ4v) is 1.00. The number of amides is 1. The summed E-state index contributed by atoms with van der Waals surface area (Å²) < 4.78 is 1.57. The molecule has 0 aromatic carbocycles. The highest BCUT2D eigenvalue weighted by atomic mass is 16.1. The van der Waals surface area contributed by atoms with Crippen molar-refractivity contribution in [1.82, 2.24) is 15.1 Å². The molecule has 0 fully saturated rings. The van der Waals surface area contributed by atoms with E-state index >= 15 is 0 Å². The molecule has 0 bridgehead atoms. The number of anilines is 1. The third-order valence-corrected chi connectivity index (χ3v) is 1.83. The van der Waals surface area contributed by atoms with Crippen molar-refractivity contribution in [2.45, 2.75) is 13.3 Å². The Morgan fingerprint density at radius 3 is 3.00 bits per heavy atom. The van der Waals surface area contributed by atoms with Crippen molar-refractivity contribution in [2.75, 3.05) is 12.3 Å². The number of nitrogens with zero attached hydrogens (tertiary/aromatic N) is 2. The van der Waals surface area contributed by atoms with Crippen LogP contribution in [0.25, 0.3) is 0 Å². The number of nitrogens with two attached hydrogens (primary N) is 1. The van der Waals surface area contributed by atoms with Gasteiger partial charge in [0.25, 0.3) is 0 Å². The standard InChI is InChI=1S/C10H14N4O/c1-8(15)12-6-4-3-5-9-7-13-14(2)10(9)11/h7H,4,6,11H2,1-2H3,(H,12,15). The summed E-state index contributed by atoms with van der Waals surface area (Å²) in [4.78, 5) is 10.5. The first-order valence-electron chi connectivity index (χ1n) is 4.62. The minimum atomic E-state index is -0.0438. The molecule has 0 aliphatic heterocycles. The first kappa shape index (κ1) is 11.1. The van der Waals surface area contributed by atoms with E-state index in [1.807, 2.05) is 0 Å². The van der Waals surface area contributed by atoms with Crippen LogP contribution < -0.4 is 11.1 Å². The zero-order chi connectivity index (χ0) is 11.3. The molecule has 0 spiro atoms. The minimum Gasteiger partial charge on any atom is -0.383 e. The Bertz CT molecular complexity index is 411. The maximum absolute atomic E-state index is 10.5. The van der Waals surface area contributed by atoms with Crippen molar-refractivity contribution in [3.8, 4) is 11.8 Å². The Balaban J connectivity index is 2.45. The number of carbonyl (C=O) groups is 1. The van der Waals surface area contributed by atoms with Crippen molar-refractivity contribution in [1.29, 1.82) is 0 Å². The van der Waals surface area contributed by atoms with Gasteiger partial charge in [0.2, 0.25) is 5.91 Å². The van der Waals surface area contributed by atoms with Crippen LogP contribution in [-0.2, 0) is 11.8 Å². The molecule has 5 heteroatoms. The largest absolute Gasteiger partial charge is 0.383 e. The lowest BCUT2D eigenvalue weighted by Gasteiger charge is -1.94. The van der Waals surface area contributed by atoms with Crippen LogP contribution in [0.2, 0.25) is 0 Å². The minimum absolute atomic E-state index is 0.0438. The van der Waals surface area contributed by atoms with Crippen LogP contribution in [0, 0.1) is 11.8 Å². The summed E-state index contributed by atoms with van der Waals surface area (Å²) in [6.07, 6.45) is 2.23. The third kappa shape index (κ3) is 3.35. The van der Waals surface area contributed by atoms with E-state index in [9.17, 15) is 4.79 Å². The fraction of sp³-hybridized carbons (Fsp3) is 0.400. The van der Waals surface area contributed by atoms with Gasteiger partial charge in [0.15, 0.2) is 0 Å². The van der Waals surface area contributed by atoms with E-state index in [0.29, 0.717) is 18.8 Å². The Hall–Kier alpha value is -1.96. The van der Waals surface area contributed by atoms with Gasteiger partial charge in [-0.25, -0.2) is 0 Å². The smallest absolute Gasteiger partial charge is 0.216 e. The van der Waals surface area contributed by atoms with Crippen LogP contribution in [0.4, 0.5) is 5.82 Å². The van der Waals surface area contributed by atoms with Crippen LogP contribution in [0.1, 0.15) is 18.9 Å². The van der Waals surface area contributed by atoms with Crippen LogP contribution >= 0.6 is 0 Å². The molecule has 0 saturated carbocycles. The zero-order valence-corrected chi connectivity index (χ0v) is 8.87. The molecule has 0 atom stereocenters. The lowest BCUT2D eigenvalue weighted by molar-refractivity contribution is -0.118. The van der Waals surface area contributed by atoms with Gasteiger partial charge >= 0.3 is 0 Å². The van der Waals surface area contributed by atoms with Gasteiger partial charge in [-0.05, 0) is 0 Å². The second kappa shape index (κ2) is 5.05. The predicted octanol–water partition coefficient (Wildman–Crippen LogP) is -0.120. The van der Waals surface area contributed by atoms with Crippen LogP contribution in [0.5, 0.6) is 0 Å². The summed E-state index contributed by atoms with van der Waals surface area (Å²) >= 11 is 0. The van der Waals surface area contributed by atoms with Crippen LogP contribution in [0.3, 0.4) is 0 Å². The Morgan fingerprint density at radius 2 is 2.47 bits per heavy atom.